The third-order valence-electron chi connectivity index (χ3n) is 1.18. The minimum atomic E-state index is -4.13. The van der Waals surface area contributed by atoms with Gasteiger partial charge in [-0.25, -0.2) is 13.8 Å². The highest BCUT2D eigenvalue weighted by atomic mass is 32.2. The fourth-order valence-corrected chi connectivity index (χ4v) is 1.41. The first-order valence-corrected chi connectivity index (χ1v) is 4.82. The molecule has 0 aliphatic rings. The molecule has 0 fully saturated rings. The SMILES string of the molecule is C#CCC(=O)OS(=O)(=O)n1ccnc1. The van der Waals surface area contributed by atoms with E-state index in [1.807, 2.05) is 5.92 Å². The number of hydrogen-bond donors (Lipinski definition) is 0. The van der Waals surface area contributed by atoms with Gasteiger partial charge >= 0.3 is 16.3 Å². The molecule has 0 N–H and O–H groups in total. The molecule has 0 saturated carbocycles. The first-order valence-electron chi connectivity index (χ1n) is 3.45. The van der Waals surface area contributed by atoms with Gasteiger partial charge in [-0.3, -0.25) is 0 Å². The van der Waals surface area contributed by atoms with Crippen LogP contribution in [-0.4, -0.2) is 23.3 Å². The molecule has 7 heteroatoms. The van der Waals surface area contributed by atoms with E-state index in [0.29, 0.717) is 3.97 Å². The summed E-state index contributed by atoms with van der Waals surface area (Å²) in [5.74, 6) is 0.973. The highest BCUT2D eigenvalue weighted by molar-refractivity contribution is 7.85. The Bertz CT molecular complexity index is 454. The third-order valence-corrected chi connectivity index (χ3v) is 2.31. The molecular formula is C7H6N2O4S. The van der Waals surface area contributed by atoms with Gasteiger partial charge in [0, 0.05) is 12.4 Å². The number of terminal acetylenes is 1. The van der Waals surface area contributed by atoms with E-state index >= 15 is 0 Å². The van der Waals surface area contributed by atoms with Crippen LogP contribution in [0.25, 0.3) is 0 Å². The van der Waals surface area contributed by atoms with Crippen LogP contribution in [0, 0.1) is 12.3 Å². The van der Waals surface area contributed by atoms with Crippen molar-refractivity contribution in [1.82, 2.24) is 8.96 Å². The van der Waals surface area contributed by atoms with Gasteiger partial charge in [-0.15, -0.1) is 6.42 Å². The number of aromatic nitrogens is 2. The van der Waals surface area contributed by atoms with Crippen LogP contribution >= 0.6 is 0 Å². The number of carbonyl (C=O) groups is 1. The maximum atomic E-state index is 11.2. The van der Waals surface area contributed by atoms with Crippen LogP contribution in [-0.2, 0) is 19.3 Å². The standard InChI is InChI=1S/C7H6N2O4S/c1-2-3-7(10)13-14(11,12)9-5-4-8-6-9/h1,4-6H,3H2. The Morgan fingerprint density at radius 3 is 2.86 bits per heavy atom. The van der Waals surface area contributed by atoms with E-state index < -0.39 is 22.7 Å². The summed E-state index contributed by atoms with van der Waals surface area (Å²) in [4.78, 5) is 14.3. The molecule has 0 radical (unpaired) electrons. The van der Waals surface area contributed by atoms with E-state index in [2.05, 4.69) is 9.17 Å². The zero-order valence-corrected chi connectivity index (χ0v) is 7.77. The molecule has 6 nitrogen and oxygen atoms in total. The lowest BCUT2D eigenvalue weighted by molar-refractivity contribution is -0.132. The summed E-state index contributed by atoms with van der Waals surface area (Å²) in [5.41, 5.74) is 0. The van der Waals surface area contributed by atoms with Gasteiger partial charge in [0.25, 0.3) is 0 Å². The molecule has 0 aliphatic carbocycles. The van der Waals surface area contributed by atoms with Gasteiger partial charge in [0.05, 0.1) is 0 Å². The van der Waals surface area contributed by atoms with Crippen molar-refractivity contribution < 1.29 is 17.4 Å². The molecule has 1 rings (SSSR count). The number of imidazole rings is 1. The number of hydrogen-bond acceptors (Lipinski definition) is 5. The largest absolute Gasteiger partial charge is 0.417 e. The molecule has 0 amide bonds. The zero-order valence-electron chi connectivity index (χ0n) is 6.95. The number of rotatable bonds is 3. The topological polar surface area (TPSA) is 78.3 Å². The Hall–Kier alpha value is -1.81. The van der Waals surface area contributed by atoms with Gasteiger partial charge in [-0.2, -0.15) is 8.42 Å². The summed E-state index contributed by atoms with van der Waals surface area (Å²) in [6, 6.07) is 0. The molecule has 0 bridgehead atoms. The first-order chi connectivity index (χ1) is 6.56. The monoisotopic (exact) mass is 214 g/mol. The Balaban J connectivity index is 2.80. The lowest BCUT2D eigenvalue weighted by Crippen LogP contribution is -2.18. The van der Waals surface area contributed by atoms with Crippen LogP contribution in [0.1, 0.15) is 6.42 Å². The average molecular weight is 214 g/mol. The fraction of sp³-hybridized carbons (Fsp3) is 0.143. The summed E-state index contributed by atoms with van der Waals surface area (Å²) >= 11 is 0. The van der Waals surface area contributed by atoms with E-state index in [1.165, 1.54) is 6.20 Å². The van der Waals surface area contributed by atoms with Crippen molar-refractivity contribution in [3.63, 3.8) is 0 Å². The molecule has 0 aliphatic heterocycles. The summed E-state index contributed by atoms with van der Waals surface area (Å²) < 4.78 is 27.2. The highest BCUT2D eigenvalue weighted by Crippen LogP contribution is 2.00. The minimum absolute atomic E-state index is 0.395. The van der Waals surface area contributed by atoms with E-state index in [1.54, 1.807) is 0 Å². The van der Waals surface area contributed by atoms with Gasteiger partial charge < -0.3 is 4.18 Å². The van der Waals surface area contributed by atoms with Crippen LogP contribution in [0.2, 0.25) is 0 Å². The smallest absolute Gasteiger partial charge is 0.329 e. The normalized spacial score (nSPS) is 10.5. The summed E-state index contributed by atoms with van der Waals surface area (Å²) in [7, 11) is -4.13. The van der Waals surface area contributed by atoms with Gasteiger partial charge in [0.1, 0.15) is 12.7 Å². The van der Waals surface area contributed by atoms with Crippen LogP contribution < -0.4 is 0 Å². The van der Waals surface area contributed by atoms with Gasteiger partial charge in [0.15, 0.2) is 0 Å². The molecule has 0 saturated heterocycles. The second-order valence-corrected chi connectivity index (χ2v) is 3.63. The second-order valence-electron chi connectivity index (χ2n) is 2.19. The van der Waals surface area contributed by atoms with Crippen molar-refractivity contribution in [2.45, 2.75) is 6.42 Å². The van der Waals surface area contributed by atoms with E-state index in [4.69, 9.17) is 6.42 Å². The summed E-state index contributed by atoms with van der Waals surface area (Å²) in [6.07, 6.45) is 7.79. The third kappa shape index (κ3) is 2.34. The predicted octanol–water partition coefficient (Wildman–Crippen LogP) is -0.458. The maximum Gasteiger partial charge on any atom is 0.417 e. The molecule has 0 atom stereocenters. The number of carbonyl (C=O) groups excluding carboxylic acids is 1. The lowest BCUT2D eigenvalue weighted by Gasteiger charge is -2.02. The molecule has 14 heavy (non-hydrogen) atoms. The van der Waals surface area contributed by atoms with Crippen molar-refractivity contribution in [3.8, 4) is 12.3 Å². The van der Waals surface area contributed by atoms with Gasteiger partial charge in [-0.1, -0.05) is 5.92 Å². The molecule has 1 heterocycles. The van der Waals surface area contributed by atoms with E-state index in [9.17, 15) is 13.2 Å². The van der Waals surface area contributed by atoms with Gasteiger partial charge in [-0.05, 0) is 0 Å². The van der Waals surface area contributed by atoms with Crippen molar-refractivity contribution in [2.24, 2.45) is 0 Å². The van der Waals surface area contributed by atoms with E-state index in [0.717, 1.165) is 12.5 Å². The van der Waals surface area contributed by atoms with Crippen LogP contribution in [0.5, 0.6) is 0 Å². The average Bonchev–Trinajstić information content (AvgIpc) is 2.54. The van der Waals surface area contributed by atoms with Crippen LogP contribution in [0.3, 0.4) is 0 Å². The quantitative estimate of drug-likeness (QED) is 0.636. The van der Waals surface area contributed by atoms with Crippen molar-refractivity contribution in [2.75, 3.05) is 0 Å². The molecule has 0 unspecified atom stereocenters. The predicted molar refractivity (Wildman–Crippen MR) is 46.1 cm³/mol. The molecule has 1 aromatic heterocycles. The van der Waals surface area contributed by atoms with Crippen LogP contribution in [0.15, 0.2) is 18.7 Å². The lowest BCUT2D eigenvalue weighted by atomic mass is 10.5. The highest BCUT2D eigenvalue weighted by Gasteiger charge is 2.17. The zero-order chi connectivity index (χ0) is 10.6. The summed E-state index contributed by atoms with van der Waals surface area (Å²) in [6.45, 7) is 0. The van der Waals surface area contributed by atoms with Crippen molar-refractivity contribution in [3.05, 3.63) is 18.7 Å². The molecule has 74 valence electrons. The van der Waals surface area contributed by atoms with Gasteiger partial charge in [0.2, 0.25) is 0 Å². The Morgan fingerprint density at radius 1 is 1.64 bits per heavy atom. The Morgan fingerprint density at radius 2 is 2.36 bits per heavy atom. The summed E-state index contributed by atoms with van der Waals surface area (Å²) in [5, 5.41) is 0. The molecular weight excluding hydrogens is 208 g/mol. The second kappa shape index (κ2) is 3.93. The fourth-order valence-electron chi connectivity index (χ4n) is 0.652. The Kier molecular flexibility index (Phi) is 2.89. The van der Waals surface area contributed by atoms with Crippen molar-refractivity contribution >= 4 is 16.3 Å². The first kappa shape index (κ1) is 10.3. The number of nitrogens with zero attached hydrogens (tertiary/aromatic N) is 2. The maximum absolute atomic E-state index is 11.2. The Labute approximate surface area is 80.8 Å². The molecule has 0 spiro atoms. The molecule has 1 aromatic rings. The van der Waals surface area contributed by atoms with E-state index in [-0.39, 0.29) is 0 Å². The van der Waals surface area contributed by atoms with Crippen LogP contribution in [0.4, 0.5) is 0 Å². The minimum Gasteiger partial charge on any atom is -0.329 e. The van der Waals surface area contributed by atoms with Crippen molar-refractivity contribution in [1.29, 1.82) is 0 Å². The molecule has 0 aromatic carbocycles.